The highest BCUT2D eigenvalue weighted by atomic mass is 35.5. The first-order valence-electron chi connectivity index (χ1n) is 8.13. The molecule has 138 valence electrons. The number of allylic oxidation sites excluding steroid dienone is 2. The van der Waals surface area contributed by atoms with E-state index in [1.165, 1.54) is 18.2 Å². The number of halogens is 1. The van der Waals surface area contributed by atoms with Gasteiger partial charge < -0.3 is 5.32 Å². The van der Waals surface area contributed by atoms with Gasteiger partial charge in [-0.25, -0.2) is 8.42 Å². The number of anilines is 2. The van der Waals surface area contributed by atoms with E-state index in [0.29, 0.717) is 29.1 Å². The quantitative estimate of drug-likeness (QED) is 0.786. The Hall–Kier alpha value is -2.82. The minimum Gasteiger partial charge on any atom is -0.357 e. The van der Waals surface area contributed by atoms with Gasteiger partial charge in [0.05, 0.1) is 22.0 Å². The fraction of sp³-hybridized carbons (Fsp3) is 0.158. The molecule has 2 aromatic rings. The average molecular weight is 402 g/mol. The molecule has 1 aliphatic carbocycles. The third-order valence-electron chi connectivity index (χ3n) is 4.27. The summed E-state index contributed by atoms with van der Waals surface area (Å²) in [6.45, 7) is 1.75. The largest absolute Gasteiger partial charge is 0.357 e. The number of benzene rings is 2. The van der Waals surface area contributed by atoms with Crippen molar-refractivity contribution in [3.63, 3.8) is 0 Å². The first-order chi connectivity index (χ1) is 12.8. The fourth-order valence-electron chi connectivity index (χ4n) is 2.79. The molecule has 0 heterocycles. The molecule has 0 saturated carbocycles. The van der Waals surface area contributed by atoms with Crippen LogP contribution >= 0.6 is 11.6 Å². The van der Waals surface area contributed by atoms with Gasteiger partial charge in [-0.3, -0.25) is 9.52 Å². The molecular weight excluding hydrogens is 386 g/mol. The Labute approximate surface area is 162 Å². The standard InChI is InChI=1S/C19H16ClN3O3S/c1-12-16(8-9-18(12)24)22-17-10-14(6-7-15(17)20)23-27(25,26)19-5-3-2-4-13(19)11-21/h2-7,10,22-23H,8-9H2,1H3. The lowest BCUT2D eigenvalue weighted by molar-refractivity contribution is -0.114. The van der Waals surface area contributed by atoms with Crippen molar-refractivity contribution in [2.24, 2.45) is 0 Å². The molecule has 0 spiro atoms. The van der Waals surface area contributed by atoms with Crippen LogP contribution in [0.15, 0.2) is 58.6 Å². The number of nitriles is 1. The first-order valence-corrected chi connectivity index (χ1v) is 9.99. The third-order valence-corrected chi connectivity index (χ3v) is 6.04. The van der Waals surface area contributed by atoms with E-state index >= 15 is 0 Å². The summed E-state index contributed by atoms with van der Waals surface area (Å²) < 4.78 is 27.8. The van der Waals surface area contributed by atoms with Crippen LogP contribution in [0.25, 0.3) is 0 Å². The van der Waals surface area contributed by atoms with Crippen LogP contribution in [0.3, 0.4) is 0 Å². The van der Waals surface area contributed by atoms with Crippen molar-refractivity contribution in [2.45, 2.75) is 24.7 Å². The van der Waals surface area contributed by atoms with Gasteiger partial charge in [0.15, 0.2) is 5.78 Å². The Kier molecular flexibility index (Phi) is 5.22. The van der Waals surface area contributed by atoms with E-state index in [2.05, 4.69) is 10.0 Å². The number of ketones is 1. The van der Waals surface area contributed by atoms with Gasteiger partial charge >= 0.3 is 0 Å². The van der Waals surface area contributed by atoms with E-state index in [1.807, 2.05) is 6.07 Å². The van der Waals surface area contributed by atoms with E-state index in [1.54, 1.807) is 31.2 Å². The molecular formula is C19H16ClN3O3S. The second kappa shape index (κ2) is 7.43. The molecule has 2 N–H and O–H groups in total. The number of carbonyl (C=O) groups excluding carboxylic acids is 1. The Morgan fingerprint density at radius 3 is 2.56 bits per heavy atom. The zero-order valence-corrected chi connectivity index (χ0v) is 16.0. The molecule has 0 aromatic heterocycles. The van der Waals surface area contributed by atoms with Crippen LogP contribution in [0, 0.1) is 11.3 Å². The number of nitrogens with zero attached hydrogens (tertiary/aromatic N) is 1. The number of hydrogen-bond donors (Lipinski definition) is 2. The van der Waals surface area contributed by atoms with Crippen LogP contribution in [-0.4, -0.2) is 14.2 Å². The smallest absolute Gasteiger partial charge is 0.263 e. The molecule has 3 rings (SSSR count). The molecule has 0 aliphatic heterocycles. The molecule has 1 aliphatic rings. The van der Waals surface area contributed by atoms with E-state index < -0.39 is 10.0 Å². The highest BCUT2D eigenvalue weighted by Crippen LogP contribution is 2.31. The van der Waals surface area contributed by atoms with Crippen LogP contribution < -0.4 is 10.0 Å². The van der Waals surface area contributed by atoms with Gasteiger partial charge in [-0.2, -0.15) is 5.26 Å². The lowest BCUT2D eigenvalue weighted by Gasteiger charge is -2.14. The predicted octanol–water partition coefficient (Wildman–Crippen LogP) is 4.06. The van der Waals surface area contributed by atoms with Crippen molar-refractivity contribution in [1.82, 2.24) is 0 Å². The van der Waals surface area contributed by atoms with Gasteiger partial charge in [-0.1, -0.05) is 23.7 Å². The van der Waals surface area contributed by atoms with Crippen LogP contribution in [0.5, 0.6) is 0 Å². The first kappa shape index (κ1) is 19.0. The monoisotopic (exact) mass is 401 g/mol. The summed E-state index contributed by atoms with van der Waals surface area (Å²) >= 11 is 6.20. The van der Waals surface area contributed by atoms with E-state index in [4.69, 9.17) is 16.9 Å². The van der Waals surface area contributed by atoms with Crippen LogP contribution in [0.2, 0.25) is 5.02 Å². The lowest BCUT2D eigenvalue weighted by atomic mass is 10.2. The minimum absolute atomic E-state index is 0.0579. The summed E-state index contributed by atoms with van der Waals surface area (Å²) in [5.74, 6) is 0.0820. The molecule has 2 aromatic carbocycles. The second-order valence-corrected chi connectivity index (χ2v) is 8.12. The summed E-state index contributed by atoms with van der Waals surface area (Å²) in [5.41, 5.74) is 2.27. The molecule has 0 bridgehead atoms. The Balaban J connectivity index is 1.90. The van der Waals surface area contributed by atoms with Crippen molar-refractivity contribution in [2.75, 3.05) is 10.0 Å². The van der Waals surface area contributed by atoms with E-state index in [-0.39, 0.29) is 21.9 Å². The van der Waals surface area contributed by atoms with Crippen molar-refractivity contribution in [3.8, 4) is 6.07 Å². The average Bonchev–Trinajstić information content (AvgIpc) is 2.96. The van der Waals surface area contributed by atoms with E-state index in [0.717, 1.165) is 5.70 Å². The topological polar surface area (TPSA) is 99.1 Å². The Morgan fingerprint density at radius 1 is 1.15 bits per heavy atom. The Bertz CT molecular complexity index is 1100. The molecule has 0 fully saturated rings. The van der Waals surface area contributed by atoms with Crippen molar-refractivity contribution in [3.05, 3.63) is 64.3 Å². The summed E-state index contributed by atoms with van der Waals surface area (Å²) in [5, 5.41) is 12.6. The van der Waals surface area contributed by atoms with Crippen LogP contribution in [0.1, 0.15) is 25.3 Å². The predicted molar refractivity (Wildman–Crippen MR) is 104 cm³/mol. The zero-order valence-electron chi connectivity index (χ0n) is 14.4. The highest BCUT2D eigenvalue weighted by Gasteiger charge is 2.21. The number of nitrogens with one attached hydrogen (secondary N) is 2. The summed E-state index contributed by atoms with van der Waals surface area (Å²) in [6, 6.07) is 12.5. The number of sulfonamides is 1. The SMILES string of the molecule is CC1=C(Nc2cc(NS(=O)(=O)c3ccccc3C#N)ccc2Cl)CCC1=O. The maximum Gasteiger partial charge on any atom is 0.263 e. The van der Waals surface area contributed by atoms with Gasteiger partial charge in [0.25, 0.3) is 10.0 Å². The molecule has 0 unspecified atom stereocenters. The van der Waals surface area contributed by atoms with Crippen molar-refractivity contribution in [1.29, 1.82) is 5.26 Å². The molecule has 6 nitrogen and oxygen atoms in total. The zero-order chi connectivity index (χ0) is 19.6. The molecule has 0 atom stereocenters. The van der Waals surface area contributed by atoms with Crippen LogP contribution in [-0.2, 0) is 14.8 Å². The molecule has 0 radical (unpaired) electrons. The second-order valence-electron chi connectivity index (χ2n) is 6.06. The summed E-state index contributed by atoms with van der Waals surface area (Å²) in [4.78, 5) is 11.6. The molecule has 0 saturated heterocycles. The highest BCUT2D eigenvalue weighted by molar-refractivity contribution is 7.92. The number of Topliss-reactive ketones (excluding diaryl/α,β-unsaturated/α-hetero) is 1. The number of rotatable bonds is 5. The molecule has 0 amide bonds. The molecule has 27 heavy (non-hydrogen) atoms. The molecule has 8 heteroatoms. The minimum atomic E-state index is -3.94. The maximum absolute atomic E-state index is 12.6. The fourth-order valence-corrected chi connectivity index (χ4v) is 4.16. The van der Waals surface area contributed by atoms with Gasteiger partial charge in [-0.05, 0) is 43.7 Å². The summed E-state index contributed by atoms with van der Waals surface area (Å²) in [6.07, 6.45) is 1.04. The van der Waals surface area contributed by atoms with Gasteiger partial charge in [0.2, 0.25) is 0 Å². The third kappa shape index (κ3) is 3.97. The number of hydrogen-bond acceptors (Lipinski definition) is 5. The van der Waals surface area contributed by atoms with Gasteiger partial charge in [0.1, 0.15) is 11.0 Å². The van der Waals surface area contributed by atoms with Gasteiger partial charge in [0, 0.05) is 17.7 Å². The van der Waals surface area contributed by atoms with Crippen LogP contribution in [0.4, 0.5) is 11.4 Å². The van der Waals surface area contributed by atoms with Crippen molar-refractivity contribution >= 4 is 38.8 Å². The maximum atomic E-state index is 12.6. The number of carbonyl (C=O) groups is 1. The summed E-state index contributed by atoms with van der Waals surface area (Å²) in [7, 11) is -3.94. The lowest BCUT2D eigenvalue weighted by Crippen LogP contribution is -2.14. The normalized spacial score (nSPS) is 14.2. The van der Waals surface area contributed by atoms with Gasteiger partial charge in [-0.15, -0.1) is 0 Å². The Morgan fingerprint density at radius 2 is 1.89 bits per heavy atom. The van der Waals surface area contributed by atoms with E-state index in [9.17, 15) is 13.2 Å². The van der Waals surface area contributed by atoms with Crippen molar-refractivity contribution < 1.29 is 13.2 Å².